The van der Waals surface area contributed by atoms with Gasteiger partial charge in [-0.3, -0.25) is 9.59 Å². The van der Waals surface area contributed by atoms with E-state index in [9.17, 15) is 9.59 Å². The zero-order chi connectivity index (χ0) is 12.3. The van der Waals surface area contributed by atoms with Gasteiger partial charge in [-0.05, 0) is 12.3 Å². The van der Waals surface area contributed by atoms with E-state index in [0.29, 0.717) is 19.5 Å². The predicted molar refractivity (Wildman–Crippen MR) is 59.8 cm³/mol. The maximum Gasteiger partial charge on any atom is 0.308 e. The molecule has 0 aliphatic carbocycles. The number of carbonyl (C=O) groups is 2. The molecule has 5 nitrogen and oxygen atoms in total. The van der Waals surface area contributed by atoms with Crippen molar-refractivity contribution in [3.63, 3.8) is 0 Å². The van der Waals surface area contributed by atoms with Crippen LogP contribution in [-0.4, -0.2) is 41.0 Å². The number of rotatable bonds is 4. The van der Waals surface area contributed by atoms with Crippen LogP contribution in [0.4, 0.5) is 0 Å². The highest BCUT2D eigenvalue weighted by molar-refractivity contribution is 5.83. The number of aliphatic carboxylic acids is 1. The topological polar surface area (TPSA) is 83.6 Å². The fraction of sp³-hybridized carbons (Fsp3) is 0.818. The zero-order valence-electron chi connectivity index (χ0n) is 9.85. The fourth-order valence-corrected chi connectivity index (χ4v) is 2.14. The van der Waals surface area contributed by atoms with E-state index < -0.39 is 17.9 Å². The molecule has 1 fully saturated rings. The standard InChI is InChI=1S/C11H20N2O3/c1-3-4-9(12)10(14)13-5-7(2)8(6-13)11(15)16/h7-9H,3-6,12H2,1-2H3,(H,15,16)/t7-,8-,9-/m1/s1. The number of amides is 1. The summed E-state index contributed by atoms with van der Waals surface area (Å²) in [6.07, 6.45) is 1.51. The number of likely N-dealkylation sites (tertiary alicyclic amines) is 1. The van der Waals surface area contributed by atoms with Crippen molar-refractivity contribution in [2.24, 2.45) is 17.6 Å². The van der Waals surface area contributed by atoms with Crippen LogP contribution in [0.3, 0.4) is 0 Å². The smallest absolute Gasteiger partial charge is 0.308 e. The Bertz CT molecular complexity index is 280. The zero-order valence-corrected chi connectivity index (χ0v) is 9.85. The molecule has 0 radical (unpaired) electrons. The largest absolute Gasteiger partial charge is 0.481 e. The summed E-state index contributed by atoms with van der Waals surface area (Å²) in [5.74, 6) is -1.38. The van der Waals surface area contributed by atoms with Crippen LogP contribution in [-0.2, 0) is 9.59 Å². The van der Waals surface area contributed by atoms with Crippen LogP contribution in [0.1, 0.15) is 26.7 Å². The number of nitrogens with two attached hydrogens (primary N) is 1. The van der Waals surface area contributed by atoms with Gasteiger partial charge in [0.15, 0.2) is 0 Å². The molecule has 16 heavy (non-hydrogen) atoms. The summed E-state index contributed by atoms with van der Waals surface area (Å²) in [7, 11) is 0. The molecule has 1 amide bonds. The lowest BCUT2D eigenvalue weighted by molar-refractivity contribution is -0.142. The number of hydrogen-bond donors (Lipinski definition) is 2. The Balaban J connectivity index is 2.58. The minimum absolute atomic E-state index is 0.00952. The Hall–Kier alpha value is -1.10. The van der Waals surface area contributed by atoms with E-state index in [-0.39, 0.29) is 11.8 Å². The molecule has 5 heteroatoms. The van der Waals surface area contributed by atoms with Gasteiger partial charge in [-0.25, -0.2) is 0 Å². The van der Waals surface area contributed by atoms with Crippen LogP contribution in [0.2, 0.25) is 0 Å². The molecule has 0 aromatic rings. The first-order chi connectivity index (χ1) is 7.47. The monoisotopic (exact) mass is 228 g/mol. The van der Waals surface area contributed by atoms with Crippen molar-refractivity contribution >= 4 is 11.9 Å². The molecule has 1 aliphatic heterocycles. The first kappa shape index (κ1) is 13.0. The van der Waals surface area contributed by atoms with Crippen LogP contribution in [0.5, 0.6) is 0 Å². The van der Waals surface area contributed by atoms with Gasteiger partial charge in [0.05, 0.1) is 12.0 Å². The van der Waals surface area contributed by atoms with Crippen LogP contribution in [0.25, 0.3) is 0 Å². The minimum atomic E-state index is -0.827. The molecule has 3 N–H and O–H groups in total. The van der Waals surface area contributed by atoms with Gasteiger partial charge in [-0.1, -0.05) is 20.3 Å². The number of carbonyl (C=O) groups excluding carboxylic acids is 1. The quantitative estimate of drug-likeness (QED) is 0.724. The highest BCUT2D eigenvalue weighted by Gasteiger charge is 2.37. The van der Waals surface area contributed by atoms with Crippen molar-refractivity contribution in [3.05, 3.63) is 0 Å². The van der Waals surface area contributed by atoms with E-state index in [1.807, 2.05) is 13.8 Å². The molecule has 1 saturated heterocycles. The average Bonchev–Trinajstić information content (AvgIpc) is 2.59. The van der Waals surface area contributed by atoms with Crippen LogP contribution < -0.4 is 5.73 Å². The fourth-order valence-electron chi connectivity index (χ4n) is 2.14. The molecule has 0 bridgehead atoms. The van der Waals surface area contributed by atoms with Crippen molar-refractivity contribution in [2.75, 3.05) is 13.1 Å². The van der Waals surface area contributed by atoms with Gasteiger partial charge in [0.2, 0.25) is 5.91 Å². The molecule has 0 aromatic carbocycles. The molecule has 0 saturated carbocycles. The minimum Gasteiger partial charge on any atom is -0.481 e. The highest BCUT2D eigenvalue weighted by atomic mass is 16.4. The molecule has 0 unspecified atom stereocenters. The number of hydrogen-bond acceptors (Lipinski definition) is 3. The third kappa shape index (κ3) is 2.72. The SMILES string of the molecule is CCC[C@@H](N)C(=O)N1C[C@@H](C)[C@H](C(=O)O)C1. The van der Waals surface area contributed by atoms with Gasteiger partial charge in [0.1, 0.15) is 0 Å². The van der Waals surface area contributed by atoms with E-state index in [1.54, 1.807) is 4.90 Å². The van der Waals surface area contributed by atoms with Gasteiger partial charge in [-0.15, -0.1) is 0 Å². The molecular weight excluding hydrogens is 208 g/mol. The van der Waals surface area contributed by atoms with Gasteiger partial charge in [0.25, 0.3) is 0 Å². The molecule has 1 heterocycles. The van der Waals surface area contributed by atoms with Gasteiger partial charge in [-0.2, -0.15) is 0 Å². The Morgan fingerprint density at radius 2 is 2.12 bits per heavy atom. The third-order valence-electron chi connectivity index (χ3n) is 3.16. The lowest BCUT2D eigenvalue weighted by Crippen LogP contribution is -2.42. The highest BCUT2D eigenvalue weighted by Crippen LogP contribution is 2.23. The molecule has 0 aromatic heterocycles. The molecule has 1 aliphatic rings. The second-order valence-corrected chi connectivity index (χ2v) is 4.56. The Morgan fingerprint density at radius 1 is 1.50 bits per heavy atom. The summed E-state index contributed by atoms with van der Waals surface area (Å²) < 4.78 is 0. The lowest BCUT2D eigenvalue weighted by Gasteiger charge is -2.20. The number of nitrogens with zero attached hydrogens (tertiary/aromatic N) is 1. The van der Waals surface area contributed by atoms with E-state index in [2.05, 4.69) is 0 Å². The molecule has 0 spiro atoms. The summed E-state index contributed by atoms with van der Waals surface area (Å²) in [5, 5.41) is 8.96. The Labute approximate surface area is 95.6 Å². The van der Waals surface area contributed by atoms with Gasteiger partial charge < -0.3 is 15.7 Å². The van der Waals surface area contributed by atoms with Crippen molar-refractivity contribution in [3.8, 4) is 0 Å². The Kier molecular flexibility index (Phi) is 4.29. The maximum absolute atomic E-state index is 11.9. The van der Waals surface area contributed by atoms with Crippen molar-refractivity contribution in [1.82, 2.24) is 4.90 Å². The summed E-state index contributed by atoms with van der Waals surface area (Å²) in [5.41, 5.74) is 5.74. The molecular formula is C11H20N2O3. The first-order valence-electron chi connectivity index (χ1n) is 5.74. The summed E-state index contributed by atoms with van der Waals surface area (Å²) in [6, 6.07) is -0.482. The van der Waals surface area contributed by atoms with Gasteiger partial charge >= 0.3 is 5.97 Å². The summed E-state index contributed by atoms with van der Waals surface area (Å²) in [6.45, 7) is 4.64. The maximum atomic E-state index is 11.9. The third-order valence-corrected chi connectivity index (χ3v) is 3.16. The van der Waals surface area contributed by atoms with Crippen molar-refractivity contribution < 1.29 is 14.7 Å². The van der Waals surface area contributed by atoms with E-state index in [0.717, 1.165) is 6.42 Å². The lowest BCUT2D eigenvalue weighted by atomic mass is 9.99. The summed E-state index contributed by atoms with van der Waals surface area (Å²) in [4.78, 5) is 24.4. The van der Waals surface area contributed by atoms with Crippen molar-refractivity contribution in [2.45, 2.75) is 32.7 Å². The molecule has 3 atom stereocenters. The van der Waals surface area contributed by atoms with E-state index >= 15 is 0 Å². The molecule has 1 rings (SSSR count). The van der Waals surface area contributed by atoms with Crippen molar-refractivity contribution in [1.29, 1.82) is 0 Å². The van der Waals surface area contributed by atoms with E-state index in [4.69, 9.17) is 10.8 Å². The number of carboxylic acids is 1. The second-order valence-electron chi connectivity index (χ2n) is 4.56. The second kappa shape index (κ2) is 5.30. The summed E-state index contributed by atoms with van der Waals surface area (Å²) >= 11 is 0. The Morgan fingerprint density at radius 3 is 2.56 bits per heavy atom. The van der Waals surface area contributed by atoms with Gasteiger partial charge in [0, 0.05) is 13.1 Å². The van der Waals surface area contributed by atoms with Crippen LogP contribution in [0.15, 0.2) is 0 Å². The first-order valence-corrected chi connectivity index (χ1v) is 5.74. The molecule has 92 valence electrons. The predicted octanol–water partition coefficient (Wildman–Crippen LogP) is 0.293. The average molecular weight is 228 g/mol. The normalized spacial score (nSPS) is 26.8. The number of carboxylic acid groups (broad SMARTS) is 1. The van der Waals surface area contributed by atoms with E-state index in [1.165, 1.54) is 0 Å². The van der Waals surface area contributed by atoms with Crippen LogP contribution >= 0.6 is 0 Å². The van der Waals surface area contributed by atoms with Crippen LogP contribution in [0, 0.1) is 11.8 Å².